The van der Waals surface area contributed by atoms with Crippen molar-refractivity contribution in [2.45, 2.75) is 33.3 Å². The lowest BCUT2D eigenvalue weighted by Crippen LogP contribution is -2.24. The average molecular weight is 249 g/mol. The van der Waals surface area contributed by atoms with E-state index in [-0.39, 0.29) is 5.91 Å². The van der Waals surface area contributed by atoms with Gasteiger partial charge in [0, 0.05) is 19.2 Å². The second-order valence-electron chi connectivity index (χ2n) is 4.93. The highest BCUT2D eigenvalue weighted by molar-refractivity contribution is 5.94. The lowest BCUT2D eigenvalue weighted by atomic mass is 10.1. The van der Waals surface area contributed by atoms with E-state index in [4.69, 9.17) is 4.74 Å². The van der Waals surface area contributed by atoms with Crippen LogP contribution in [-0.2, 0) is 11.3 Å². The van der Waals surface area contributed by atoms with E-state index in [0.717, 1.165) is 24.9 Å². The van der Waals surface area contributed by atoms with E-state index in [1.54, 1.807) is 7.11 Å². The van der Waals surface area contributed by atoms with Gasteiger partial charge in [-0.1, -0.05) is 26.0 Å². The molecule has 3 nitrogen and oxygen atoms in total. The van der Waals surface area contributed by atoms with Gasteiger partial charge in [0.25, 0.3) is 5.91 Å². The van der Waals surface area contributed by atoms with E-state index < -0.39 is 0 Å². The van der Waals surface area contributed by atoms with Gasteiger partial charge in [-0.15, -0.1) is 0 Å². The molecule has 1 amide bonds. The minimum atomic E-state index is -0.00305. The second kappa shape index (κ2) is 7.88. The minimum Gasteiger partial charge on any atom is -0.380 e. The highest BCUT2D eigenvalue weighted by Gasteiger charge is 2.05. The first-order valence-corrected chi connectivity index (χ1v) is 6.49. The van der Waals surface area contributed by atoms with Crippen molar-refractivity contribution >= 4 is 5.91 Å². The van der Waals surface area contributed by atoms with Gasteiger partial charge in [0.2, 0.25) is 0 Å². The molecule has 0 saturated heterocycles. The lowest BCUT2D eigenvalue weighted by molar-refractivity contribution is 0.0952. The summed E-state index contributed by atoms with van der Waals surface area (Å²) in [6.45, 7) is 5.66. The molecule has 0 aromatic heterocycles. The fourth-order valence-electron chi connectivity index (χ4n) is 1.78. The van der Waals surface area contributed by atoms with Crippen LogP contribution < -0.4 is 5.32 Å². The van der Waals surface area contributed by atoms with Crippen molar-refractivity contribution in [3.05, 3.63) is 35.4 Å². The molecule has 18 heavy (non-hydrogen) atoms. The number of hydrogen-bond acceptors (Lipinski definition) is 2. The zero-order valence-corrected chi connectivity index (χ0v) is 11.5. The fraction of sp³-hybridized carbons (Fsp3) is 0.533. The molecule has 1 N–H and O–H groups in total. The molecule has 0 radical (unpaired) electrons. The standard InChI is InChI=1S/C15H23NO2/c1-12(2)6-5-9-16-15(17)14-8-4-7-13(10-14)11-18-3/h4,7-8,10,12H,5-6,9,11H2,1-3H3,(H,16,17). The van der Waals surface area contributed by atoms with E-state index in [2.05, 4.69) is 19.2 Å². The molecule has 0 aliphatic carbocycles. The van der Waals surface area contributed by atoms with Gasteiger partial charge in [-0.05, 0) is 36.5 Å². The molecule has 0 fully saturated rings. The number of nitrogens with one attached hydrogen (secondary N) is 1. The molecule has 0 bridgehead atoms. The second-order valence-corrected chi connectivity index (χ2v) is 4.93. The van der Waals surface area contributed by atoms with E-state index in [0.29, 0.717) is 18.1 Å². The molecule has 0 atom stereocenters. The van der Waals surface area contributed by atoms with Crippen molar-refractivity contribution in [3.63, 3.8) is 0 Å². The maximum Gasteiger partial charge on any atom is 0.251 e. The molecule has 1 aromatic rings. The van der Waals surface area contributed by atoms with Gasteiger partial charge in [-0.2, -0.15) is 0 Å². The molecule has 3 heteroatoms. The van der Waals surface area contributed by atoms with Crippen molar-refractivity contribution in [1.82, 2.24) is 5.32 Å². The van der Waals surface area contributed by atoms with Crippen LogP contribution in [0.1, 0.15) is 42.6 Å². The smallest absolute Gasteiger partial charge is 0.251 e. The summed E-state index contributed by atoms with van der Waals surface area (Å²) in [5.41, 5.74) is 1.72. The number of hydrogen-bond donors (Lipinski definition) is 1. The van der Waals surface area contributed by atoms with Crippen LogP contribution in [0, 0.1) is 5.92 Å². The Balaban J connectivity index is 2.43. The first kappa shape index (κ1) is 14.7. The molecule has 1 rings (SSSR count). The Labute approximate surface area is 110 Å². The third kappa shape index (κ3) is 5.32. The molecule has 0 aliphatic rings. The summed E-state index contributed by atoms with van der Waals surface area (Å²) in [6.07, 6.45) is 2.17. The molecular weight excluding hydrogens is 226 g/mol. The highest BCUT2D eigenvalue weighted by atomic mass is 16.5. The van der Waals surface area contributed by atoms with Gasteiger partial charge in [0.15, 0.2) is 0 Å². The van der Waals surface area contributed by atoms with Crippen molar-refractivity contribution in [2.75, 3.05) is 13.7 Å². The largest absolute Gasteiger partial charge is 0.380 e. The van der Waals surface area contributed by atoms with Crippen LogP contribution in [-0.4, -0.2) is 19.6 Å². The van der Waals surface area contributed by atoms with E-state index in [9.17, 15) is 4.79 Å². The molecule has 0 unspecified atom stereocenters. The van der Waals surface area contributed by atoms with Crippen LogP contribution in [0.3, 0.4) is 0 Å². The average Bonchev–Trinajstić information content (AvgIpc) is 2.35. The van der Waals surface area contributed by atoms with Crippen LogP contribution in [0.5, 0.6) is 0 Å². The van der Waals surface area contributed by atoms with Crippen LogP contribution in [0.2, 0.25) is 0 Å². The van der Waals surface area contributed by atoms with Crippen molar-refractivity contribution in [1.29, 1.82) is 0 Å². The van der Waals surface area contributed by atoms with Gasteiger partial charge in [0.1, 0.15) is 0 Å². The van der Waals surface area contributed by atoms with Gasteiger partial charge < -0.3 is 10.1 Å². The predicted octanol–water partition coefficient (Wildman–Crippen LogP) is 3.00. The number of benzene rings is 1. The molecule has 1 aromatic carbocycles. The van der Waals surface area contributed by atoms with Gasteiger partial charge in [-0.25, -0.2) is 0 Å². The molecule has 100 valence electrons. The maximum atomic E-state index is 11.9. The molecule has 0 heterocycles. The van der Waals surface area contributed by atoms with Crippen molar-refractivity contribution < 1.29 is 9.53 Å². The van der Waals surface area contributed by atoms with E-state index in [1.807, 2.05) is 24.3 Å². The summed E-state index contributed by atoms with van der Waals surface area (Å²) >= 11 is 0. The number of carbonyl (C=O) groups is 1. The molecule has 0 spiro atoms. The summed E-state index contributed by atoms with van der Waals surface area (Å²) in [4.78, 5) is 11.9. The SMILES string of the molecule is COCc1cccc(C(=O)NCCCC(C)C)c1. The van der Waals surface area contributed by atoms with Crippen molar-refractivity contribution in [3.8, 4) is 0 Å². The maximum absolute atomic E-state index is 11.9. The lowest BCUT2D eigenvalue weighted by Gasteiger charge is -2.08. The number of amides is 1. The Kier molecular flexibility index (Phi) is 6.44. The number of carbonyl (C=O) groups excluding carboxylic acids is 1. The summed E-state index contributed by atoms with van der Waals surface area (Å²) in [5, 5.41) is 2.94. The van der Waals surface area contributed by atoms with E-state index in [1.165, 1.54) is 0 Å². The fourth-order valence-corrected chi connectivity index (χ4v) is 1.78. The monoisotopic (exact) mass is 249 g/mol. The number of methoxy groups -OCH3 is 1. The Hall–Kier alpha value is -1.35. The summed E-state index contributed by atoms with van der Waals surface area (Å²) < 4.78 is 5.06. The van der Waals surface area contributed by atoms with E-state index >= 15 is 0 Å². The Morgan fingerprint density at radius 1 is 1.39 bits per heavy atom. The summed E-state index contributed by atoms with van der Waals surface area (Å²) in [5.74, 6) is 0.684. The van der Waals surface area contributed by atoms with Gasteiger partial charge >= 0.3 is 0 Å². The summed E-state index contributed by atoms with van der Waals surface area (Å²) in [7, 11) is 1.65. The number of rotatable bonds is 7. The molecular formula is C15H23NO2. The van der Waals surface area contributed by atoms with Crippen LogP contribution in [0.25, 0.3) is 0 Å². The molecule has 0 saturated carbocycles. The third-order valence-electron chi connectivity index (χ3n) is 2.74. The first-order chi connectivity index (χ1) is 8.63. The predicted molar refractivity (Wildman–Crippen MR) is 73.6 cm³/mol. The quantitative estimate of drug-likeness (QED) is 0.754. The molecule has 0 aliphatic heterocycles. The van der Waals surface area contributed by atoms with Crippen LogP contribution in [0.4, 0.5) is 0 Å². The first-order valence-electron chi connectivity index (χ1n) is 6.49. The zero-order chi connectivity index (χ0) is 13.4. The number of ether oxygens (including phenoxy) is 1. The third-order valence-corrected chi connectivity index (χ3v) is 2.74. The topological polar surface area (TPSA) is 38.3 Å². The van der Waals surface area contributed by atoms with Gasteiger partial charge in [-0.3, -0.25) is 4.79 Å². The van der Waals surface area contributed by atoms with Crippen LogP contribution in [0.15, 0.2) is 24.3 Å². The zero-order valence-electron chi connectivity index (χ0n) is 11.5. The highest BCUT2D eigenvalue weighted by Crippen LogP contribution is 2.07. The van der Waals surface area contributed by atoms with Gasteiger partial charge in [0.05, 0.1) is 6.61 Å². The normalized spacial score (nSPS) is 10.7. The Bertz CT molecular complexity index is 375. The summed E-state index contributed by atoms with van der Waals surface area (Å²) in [6, 6.07) is 7.55. The van der Waals surface area contributed by atoms with Crippen LogP contribution >= 0.6 is 0 Å². The minimum absolute atomic E-state index is 0.00305. The Morgan fingerprint density at radius 3 is 2.83 bits per heavy atom. The Morgan fingerprint density at radius 2 is 2.17 bits per heavy atom. The van der Waals surface area contributed by atoms with Crippen molar-refractivity contribution in [2.24, 2.45) is 5.92 Å².